The molecule has 2 aromatic carbocycles. The zero-order valence-corrected chi connectivity index (χ0v) is 19.9. The zero-order valence-electron chi connectivity index (χ0n) is 18.2. The van der Waals surface area contributed by atoms with E-state index in [-0.39, 0.29) is 11.9 Å². The highest BCUT2D eigenvalue weighted by atomic mass is 33.1. The van der Waals surface area contributed by atoms with Crippen molar-refractivity contribution < 1.29 is 19.1 Å². The maximum atomic E-state index is 9.59. The number of carbonyl (C=O) groups is 2. The van der Waals surface area contributed by atoms with Gasteiger partial charge in [-0.25, -0.2) is 0 Å². The molecule has 0 spiro atoms. The summed E-state index contributed by atoms with van der Waals surface area (Å²) in [6.45, 7) is 10.7. The van der Waals surface area contributed by atoms with E-state index in [1.54, 1.807) is 21.6 Å². The maximum absolute atomic E-state index is 9.59. The lowest BCUT2D eigenvalue weighted by atomic mass is 10.4. The summed E-state index contributed by atoms with van der Waals surface area (Å²) in [4.78, 5) is 21.8. The number of hydrogen-bond acceptors (Lipinski definition) is 6. The van der Waals surface area contributed by atoms with Crippen LogP contribution in [0, 0.1) is 0 Å². The van der Waals surface area contributed by atoms with E-state index in [2.05, 4.69) is 58.0 Å². The first-order chi connectivity index (χ1) is 13.5. The van der Waals surface area contributed by atoms with E-state index >= 15 is 0 Å². The van der Waals surface area contributed by atoms with E-state index < -0.39 is 0 Å². The number of rotatable bonds is 3. The van der Waals surface area contributed by atoms with Crippen molar-refractivity contribution in [3.8, 4) is 0 Å². The van der Waals surface area contributed by atoms with Crippen molar-refractivity contribution in [3.63, 3.8) is 0 Å². The Bertz CT molecular complexity index is 522. The number of ether oxygens (including phenoxy) is 2. The van der Waals surface area contributed by atoms with Gasteiger partial charge in [0.25, 0.3) is 0 Å². The van der Waals surface area contributed by atoms with Crippen molar-refractivity contribution in [2.45, 2.75) is 51.3 Å². The molecule has 0 saturated heterocycles. The third-order valence-corrected chi connectivity index (χ3v) is 4.71. The predicted molar refractivity (Wildman–Crippen MR) is 123 cm³/mol. The molecule has 0 aliphatic rings. The van der Waals surface area contributed by atoms with Gasteiger partial charge in [-0.1, -0.05) is 85.7 Å². The van der Waals surface area contributed by atoms with Crippen molar-refractivity contribution in [3.05, 3.63) is 60.7 Å². The molecule has 0 aliphatic heterocycles. The summed E-state index contributed by atoms with van der Waals surface area (Å²) < 4.78 is 8.22. The summed E-state index contributed by atoms with van der Waals surface area (Å²) in [5.41, 5.74) is 0. The van der Waals surface area contributed by atoms with Gasteiger partial charge in [0, 0.05) is 23.6 Å². The van der Waals surface area contributed by atoms with Crippen LogP contribution in [-0.2, 0) is 19.1 Å². The van der Waals surface area contributed by atoms with Crippen LogP contribution >= 0.6 is 21.6 Å². The number of methoxy groups -OCH3 is 2. The Morgan fingerprint density at radius 1 is 0.607 bits per heavy atom. The Labute approximate surface area is 178 Å². The number of hydrogen-bond donors (Lipinski definition) is 0. The van der Waals surface area contributed by atoms with Crippen LogP contribution in [0.4, 0.5) is 0 Å². The highest BCUT2D eigenvalue weighted by molar-refractivity contribution is 8.76. The summed E-state index contributed by atoms with van der Waals surface area (Å²) in [7, 11) is 6.28. The zero-order chi connectivity index (χ0) is 22.2. The lowest BCUT2D eigenvalue weighted by Crippen LogP contribution is -1.88. The van der Waals surface area contributed by atoms with Gasteiger partial charge in [-0.05, 0) is 24.3 Å². The van der Waals surface area contributed by atoms with E-state index in [0.29, 0.717) is 0 Å². The van der Waals surface area contributed by atoms with Gasteiger partial charge in [-0.3, -0.25) is 9.59 Å². The van der Waals surface area contributed by atoms with Gasteiger partial charge in [0.15, 0.2) is 0 Å². The summed E-state index contributed by atoms with van der Waals surface area (Å²) in [6, 6.07) is 20.8. The predicted octanol–water partition coefficient (Wildman–Crippen LogP) is 6.90. The van der Waals surface area contributed by atoms with Gasteiger partial charge in [-0.15, -0.1) is 0 Å². The minimum Gasteiger partial charge on any atom is -0.469 e. The molecule has 0 N–H and O–H groups in total. The van der Waals surface area contributed by atoms with Gasteiger partial charge in [-0.2, -0.15) is 0 Å². The number of carbonyl (C=O) groups excluding carboxylic acids is 2. The van der Waals surface area contributed by atoms with Gasteiger partial charge in [0.2, 0.25) is 0 Å². The van der Waals surface area contributed by atoms with Crippen molar-refractivity contribution >= 4 is 33.5 Å². The molecule has 0 unspecified atom stereocenters. The molecule has 28 heavy (non-hydrogen) atoms. The van der Waals surface area contributed by atoms with Crippen molar-refractivity contribution in [1.82, 2.24) is 0 Å². The Hall–Kier alpha value is -1.92. The summed E-state index contributed by atoms with van der Waals surface area (Å²) in [6.07, 6.45) is 0. The molecular formula is C22H34O4S2. The molecule has 0 amide bonds. The minimum atomic E-state index is -0.245. The van der Waals surface area contributed by atoms with Gasteiger partial charge in [0.05, 0.1) is 14.2 Å². The highest BCUT2D eigenvalue weighted by Crippen LogP contribution is 2.36. The normalized spacial score (nSPS) is 7.86. The first-order valence-electron chi connectivity index (χ1n) is 9.03. The molecule has 0 aromatic heterocycles. The summed E-state index contributed by atoms with van der Waals surface area (Å²) >= 11 is 0. The largest absolute Gasteiger partial charge is 0.469 e. The summed E-state index contributed by atoms with van der Waals surface area (Å²) in [5.74, 6) is -0.491. The molecule has 0 atom stereocenters. The smallest absolute Gasteiger partial charge is 0.302 e. The standard InChI is InChI=1S/C12H10S2.2C3H6O2.2C2H6/c1-3-7-11(8-4-1)13-14-12-9-5-2-6-10-12;2*1-3(4)5-2;2*1-2/h1-10H;2*1-2H3;2*1-2H3. The highest BCUT2D eigenvalue weighted by Gasteiger charge is 1.94. The molecule has 0 bridgehead atoms. The van der Waals surface area contributed by atoms with Crippen LogP contribution in [-0.4, -0.2) is 26.2 Å². The van der Waals surface area contributed by atoms with Gasteiger partial charge < -0.3 is 9.47 Å². The minimum absolute atomic E-state index is 0.245. The second-order valence-electron chi connectivity index (χ2n) is 4.18. The Kier molecular flexibility index (Phi) is 27.6. The van der Waals surface area contributed by atoms with Crippen LogP contribution in [0.3, 0.4) is 0 Å². The van der Waals surface area contributed by atoms with Crippen molar-refractivity contribution in [2.24, 2.45) is 0 Å². The lowest BCUT2D eigenvalue weighted by Gasteiger charge is -1.99. The van der Waals surface area contributed by atoms with Crippen LogP contribution in [0.15, 0.2) is 70.5 Å². The topological polar surface area (TPSA) is 52.6 Å². The number of benzene rings is 2. The first-order valence-corrected chi connectivity index (χ1v) is 11.2. The van der Waals surface area contributed by atoms with Crippen LogP contribution < -0.4 is 0 Å². The Balaban J connectivity index is -0.000000374. The molecule has 6 heteroatoms. The van der Waals surface area contributed by atoms with Gasteiger partial charge >= 0.3 is 11.9 Å². The fourth-order valence-electron chi connectivity index (χ4n) is 1.05. The molecule has 158 valence electrons. The SMILES string of the molecule is CC.CC.COC(C)=O.COC(C)=O.c1ccc(SSc2ccccc2)cc1. The fraction of sp³-hybridized carbons (Fsp3) is 0.364. The van der Waals surface area contributed by atoms with Crippen molar-refractivity contribution in [1.29, 1.82) is 0 Å². The van der Waals surface area contributed by atoms with E-state index in [0.717, 1.165) is 0 Å². The molecule has 4 nitrogen and oxygen atoms in total. The monoisotopic (exact) mass is 426 g/mol. The first kappa shape index (κ1) is 30.8. The average molecular weight is 427 g/mol. The van der Waals surface area contributed by atoms with E-state index in [1.165, 1.54) is 37.9 Å². The average Bonchev–Trinajstić information content (AvgIpc) is 2.77. The van der Waals surface area contributed by atoms with E-state index in [4.69, 9.17) is 0 Å². The lowest BCUT2D eigenvalue weighted by molar-refractivity contribution is -0.138. The van der Waals surface area contributed by atoms with E-state index in [1.807, 2.05) is 39.8 Å². The summed E-state index contributed by atoms with van der Waals surface area (Å²) in [5, 5.41) is 0. The Morgan fingerprint density at radius 3 is 1.00 bits per heavy atom. The third kappa shape index (κ3) is 24.1. The Morgan fingerprint density at radius 2 is 0.821 bits per heavy atom. The second kappa shape index (κ2) is 25.1. The quantitative estimate of drug-likeness (QED) is 0.393. The molecule has 2 rings (SSSR count). The van der Waals surface area contributed by atoms with Crippen molar-refractivity contribution in [2.75, 3.05) is 14.2 Å². The maximum Gasteiger partial charge on any atom is 0.302 e. The van der Waals surface area contributed by atoms with Crippen LogP contribution in [0.2, 0.25) is 0 Å². The van der Waals surface area contributed by atoms with Crippen LogP contribution in [0.5, 0.6) is 0 Å². The molecule has 0 saturated carbocycles. The number of esters is 2. The molecule has 0 aliphatic carbocycles. The molecule has 2 aromatic rings. The fourth-order valence-corrected chi connectivity index (χ4v) is 3.02. The second-order valence-corrected chi connectivity index (χ2v) is 6.46. The van der Waals surface area contributed by atoms with Crippen LogP contribution in [0.1, 0.15) is 41.5 Å². The van der Waals surface area contributed by atoms with Gasteiger partial charge in [0.1, 0.15) is 0 Å². The molecule has 0 radical (unpaired) electrons. The molecule has 0 heterocycles. The molecular weight excluding hydrogens is 392 g/mol. The third-order valence-electron chi connectivity index (χ3n) is 2.30. The molecule has 0 fully saturated rings. The van der Waals surface area contributed by atoms with E-state index in [9.17, 15) is 9.59 Å². The van der Waals surface area contributed by atoms with Crippen LogP contribution in [0.25, 0.3) is 0 Å².